The van der Waals surface area contributed by atoms with Gasteiger partial charge in [0.15, 0.2) is 0 Å². The standard InChI is InChI=1S/C15H13ClFN3S/c1-8-20-14-6-13(12(18)5-15(14)21-8)19-7-9-2-3-11(17)10(16)4-9/h2-6,19H,7,18H2,1H3. The van der Waals surface area contributed by atoms with E-state index in [1.165, 1.54) is 6.07 Å². The monoisotopic (exact) mass is 321 g/mol. The summed E-state index contributed by atoms with van der Waals surface area (Å²) in [5.41, 5.74) is 9.33. The molecular formula is C15H13ClFN3S. The van der Waals surface area contributed by atoms with Gasteiger partial charge in [0.25, 0.3) is 0 Å². The maximum Gasteiger partial charge on any atom is 0.141 e. The fourth-order valence-corrected chi connectivity index (χ4v) is 3.17. The van der Waals surface area contributed by atoms with E-state index in [0.717, 1.165) is 26.5 Å². The Kier molecular flexibility index (Phi) is 3.69. The average molecular weight is 322 g/mol. The zero-order valence-corrected chi connectivity index (χ0v) is 12.9. The Bertz CT molecular complexity index is 816. The number of rotatable bonds is 3. The van der Waals surface area contributed by atoms with Crippen molar-refractivity contribution in [2.75, 3.05) is 11.1 Å². The van der Waals surface area contributed by atoms with Crippen molar-refractivity contribution in [1.82, 2.24) is 4.98 Å². The summed E-state index contributed by atoms with van der Waals surface area (Å²) in [6, 6.07) is 8.50. The number of hydrogen-bond donors (Lipinski definition) is 2. The molecule has 0 saturated heterocycles. The molecule has 3 nitrogen and oxygen atoms in total. The van der Waals surface area contributed by atoms with Crippen molar-refractivity contribution in [2.45, 2.75) is 13.5 Å². The van der Waals surface area contributed by atoms with Gasteiger partial charge in [-0.25, -0.2) is 9.37 Å². The number of thiazole rings is 1. The van der Waals surface area contributed by atoms with Crippen LogP contribution in [0.5, 0.6) is 0 Å². The van der Waals surface area contributed by atoms with Gasteiger partial charge in [0.1, 0.15) is 5.82 Å². The van der Waals surface area contributed by atoms with Crippen molar-refractivity contribution in [3.8, 4) is 0 Å². The number of fused-ring (bicyclic) bond motifs is 1. The Morgan fingerprint density at radius 2 is 2.14 bits per heavy atom. The molecular weight excluding hydrogens is 309 g/mol. The molecule has 1 aromatic heterocycles. The normalized spacial score (nSPS) is 11.0. The van der Waals surface area contributed by atoms with Gasteiger partial charge in [-0.2, -0.15) is 0 Å². The van der Waals surface area contributed by atoms with Gasteiger partial charge in [0, 0.05) is 6.54 Å². The van der Waals surface area contributed by atoms with Crippen LogP contribution in [0.3, 0.4) is 0 Å². The predicted octanol–water partition coefficient (Wildman–Crippen LogP) is 4.59. The average Bonchev–Trinajstić information content (AvgIpc) is 2.79. The smallest absolute Gasteiger partial charge is 0.141 e. The highest BCUT2D eigenvalue weighted by Crippen LogP contribution is 2.30. The van der Waals surface area contributed by atoms with Gasteiger partial charge in [-0.05, 0) is 36.8 Å². The van der Waals surface area contributed by atoms with Crippen LogP contribution in [-0.2, 0) is 6.54 Å². The van der Waals surface area contributed by atoms with E-state index in [1.54, 1.807) is 23.5 Å². The highest BCUT2D eigenvalue weighted by atomic mass is 35.5. The lowest BCUT2D eigenvalue weighted by molar-refractivity contribution is 0.627. The van der Waals surface area contributed by atoms with E-state index in [-0.39, 0.29) is 5.02 Å². The summed E-state index contributed by atoms with van der Waals surface area (Å²) in [5.74, 6) is -0.417. The van der Waals surface area contributed by atoms with E-state index in [2.05, 4.69) is 10.3 Å². The molecule has 6 heteroatoms. The summed E-state index contributed by atoms with van der Waals surface area (Å²) >= 11 is 7.39. The lowest BCUT2D eigenvalue weighted by Gasteiger charge is -2.10. The predicted molar refractivity (Wildman–Crippen MR) is 87.5 cm³/mol. The van der Waals surface area contributed by atoms with E-state index in [1.807, 2.05) is 19.1 Å². The number of halogens is 2. The molecule has 1 heterocycles. The SMILES string of the molecule is Cc1nc2cc(NCc3ccc(F)c(Cl)c3)c(N)cc2s1. The van der Waals surface area contributed by atoms with Crippen molar-refractivity contribution in [3.05, 3.63) is 51.7 Å². The first-order chi connectivity index (χ1) is 10.0. The van der Waals surface area contributed by atoms with Crippen molar-refractivity contribution >= 4 is 44.5 Å². The summed E-state index contributed by atoms with van der Waals surface area (Å²) in [6.45, 7) is 2.48. The number of aryl methyl sites for hydroxylation is 1. The number of anilines is 2. The molecule has 0 radical (unpaired) electrons. The summed E-state index contributed by atoms with van der Waals surface area (Å²) in [5, 5.41) is 4.36. The van der Waals surface area contributed by atoms with Crippen molar-refractivity contribution in [2.24, 2.45) is 0 Å². The third kappa shape index (κ3) is 2.94. The zero-order chi connectivity index (χ0) is 15.0. The second-order valence-electron chi connectivity index (χ2n) is 4.74. The Morgan fingerprint density at radius 3 is 2.90 bits per heavy atom. The molecule has 3 aromatic rings. The van der Waals surface area contributed by atoms with Crippen molar-refractivity contribution in [3.63, 3.8) is 0 Å². The molecule has 0 atom stereocenters. The number of hydrogen-bond acceptors (Lipinski definition) is 4. The van der Waals surface area contributed by atoms with E-state index in [0.29, 0.717) is 12.2 Å². The summed E-state index contributed by atoms with van der Waals surface area (Å²) in [7, 11) is 0. The Hall–Kier alpha value is -1.85. The van der Waals surface area contributed by atoms with Gasteiger partial charge in [0.2, 0.25) is 0 Å². The zero-order valence-electron chi connectivity index (χ0n) is 11.3. The third-order valence-electron chi connectivity index (χ3n) is 3.13. The van der Waals surface area contributed by atoms with Crippen molar-refractivity contribution < 1.29 is 4.39 Å². The van der Waals surface area contributed by atoms with Gasteiger partial charge < -0.3 is 11.1 Å². The summed E-state index contributed by atoms with van der Waals surface area (Å²) in [4.78, 5) is 4.45. The number of nitrogens with one attached hydrogen (secondary N) is 1. The number of benzene rings is 2. The molecule has 21 heavy (non-hydrogen) atoms. The fraction of sp³-hybridized carbons (Fsp3) is 0.133. The molecule has 0 fully saturated rings. The first kappa shape index (κ1) is 14.1. The number of aromatic nitrogens is 1. The molecule has 0 aliphatic carbocycles. The second kappa shape index (κ2) is 5.50. The van der Waals surface area contributed by atoms with E-state index in [9.17, 15) is 4.39 Å². The molecule has 0 aliphatic heterocycles. The number of nitrogens with zero attached hydrogens (tertiary/aromatic N) is 1. The highest BCUT2D eigenvalue weighted by Gasteiger charge is 2.07. The summed E-state index contributed by atoms with van der Waals surface area (Å²) < 4.78 is 14.2. The first-order valence-corrected chi connectivity index (χ1v) is 7.57. The maximum atomic E-state index is 13.1. The maximum absolute atomic E-state index is 13.1. The molecule has 0 amide bonds. The lowest BCUT2D eigenvalue weighted by Crippen LogP contribution is -2.02. The highest BCUT2D eigenvalue weighted by molar-refractivity contribution is 7.18. The minimum absolute atomic E-state index is 0.118. The summed E-state index contributed by atoms with van der Waals surface area (Å²) in [6.07, 6.45) is 0. The van der Waals surface area contributed by atoms with E-state index < -0.39 is 5.82 Å². The van der Waals surface area contributed by atoms with Gasteiger partial charge in [-0.15, -0.1) is 11.3 Å². The van der Waals surface area contributed by atoms with Crippen LogP contribution in [0.4, 0.5) is 15.8 Å². The second-order valence-corrected chi connectivity index (χ2v) is 6.38. The molecule has 108 valence electrons. The largest absolute Gasteiger partial charge is 0.397 e. The van der Waals surface area contributed by atoms with Gasteiger partial charge in [-0.3, -0.25) is 0 Å². The first-order valence-electron chi connectivity index (χ1n) is 6.37. The van der Waals surface area contributed by atoms with Crippen LogP contribution >= 0.6 is 22.9 Å². The molecule has 0 unspecified atom stereocenters. The lowest BCUT2D eigenvalue weighted by atomic mass is 10.2. The Balaban J connectivity index is 1.83. The van der Waals surface area contributed by atoms with E-state index in [4.69, 9.17) is 17.3 Å². The molecule has 0 saturated carbocycles. The van der Waals surface area contributed by atoms with Crippen LogP contribution in [0, 0.1) is 12.7 Å². The van der Waals surface area contributed by atoms with Crippen LogP contribution < -0.4 is 11.1 Å². The Morgan fingerprint density at radius 1 is 1.33 bits per heavy atom. The molecule has 0 bridgehead atoms. The topological polar surface area (TPSA) is 50.9 Å². The van der Waals surface area contributed by atoms with Gasteiger partial charge >= 0.3 is 0 Å². The molecule has 2 aromatic carbocycles. The van der Waals surface area contributed by atoms with Gasteiger partial charge in [-0.1, -0.05) is 17.7 Å². The molecule has 0 spiro atoms. The third-order valence-corrected chi connectivity index (χ3v) is 4.36. The Labute approximate surface area is 130 Å². The minimum atomic E-state index is -0.417. The number of nitrogens with two attached hydrogens (primary N) is 1. The van der Waals surface area contributed by atoms with Crippen LogP contribution in [0.2, 0.25) is 5.02 Å². The van der Waals surface area contributed by atoms with Crippen LogP contribution in [0.15, 0.2) is 30.3 Å². The molecule has 3 N–H and O–H groups in total. The molecule has 0 aliphatic rings. The fourth-order valence-electron chi connectivity index (χ4n) is 2.10. The number of nitrogen functional groups attached to an aromatic ring is 1. The minimum Gasteiger partial charge on any atom is -0.397 e. The van der Waals surface area contributed by atoms with Crippen LogP contribution in [0.25, 0.3) is 10.2 Å². The van der Waals surface area contributed by atoms with Crippen LogP contribution in [-0.4, -0.2) is 4.98 Å². The molecule has 3 rings (SSSR count). The van der Waals surface area contributed by atoms with Crippen molar-refractivity contribution in [1.29, 1.82) is 0 Å². The van der Waals surface area contributed by atoms with Gasteiger partial charge in [0.05, 0.1) is 31.6 Å². The quantitative estimate of drug-likeness (QED) is 0.694. The van der Waals surface area contributed by atoms with Crippen LogP contribution in [0.1, 0.15) is 10.6 Å². The van der Waals surface area contributed by atoms with E-state index >= 15 is 0 Å².